The molecule has 32 heavy (non-hydrogen) atoms. The number of anilines is 1. The standard InChI is InChI=1S/C27H23N3O2/c1-16-8-10-19(11-9-16)22-14-23-21(12-17(2)13-25(23)30-26(22)15-28)18(3)29-24-7-5-4-6-20(24)27(31)32/h4-14,18,29H,1-3H3,(H,31,32). The van der Waals surface area contributed by atoms with Crippen LogP contribution in [0.2, 0.25) is 0 Å². The molecule has 0 bridgehead atoms. The SMILES string of the molecule is Cc1ccc(-c2cc3c(C(C)Nc4ccccc4C(=O)O)cc(C)cc3nc2C#N)cc1. The number of pyridine rings is 1. The molecule has 1 heterocycles. The summed E-state index contributed by atoms with van der Waals surface area (Å²) < 4.78 is 0. The molecule has 0 aliphatic rings. The first-order valence-electron chi connectivity index (χ1n) is 10.4. The lowest BCUT2D eigenvalue weighted by Gasteiger charge is -2.20. The summed E-state index contributed by atoms with van der Waals surface area (Å²) in [6.07, 6.45) is 0. The van der Waals surface area contributed by atoms with E-state index in [0.717, 1.165) is 38.7 Å². The van der Waals surface area contributed by atoms with Gasteiger partial charge in [0.2, 0.25) is 0 Å². The van der Waals surface area contributed by atoms with Crippen molar-refractivity contribution < 1.29 is 9.90 Å². The van der Waals surface area contributed by atoms with Crippen molar-refractivity contribution in [1.82, 2.24) is 4.98 Å². The Morgan fingerprint density at radius 3 is 2.44 bits per heavy atom. The van der Waals surface area contributed by atoms with Crippen LogP contribution in [0.1, 0.15) is 45.7 Å². The number of carboxylic acids is 1. The number of hydrogen-bond acceptors (Lipinski definition) is 4. The topological polar surface area (TPSA) is 86.0 Å². The molecule has 0 aliphatic heterocycles. The van der Waals surface area contributed by atoms with Gasteiger partial charge in [0.1, 0.15) is 11.8 Å². The Hall–Kier alpha value is -4.17. The quantitative estimate of drug-likeness (QED) is 0.397. The van der Waals surface area contributed by atoms with Gasteiger partial charge in [-0.25, -0.2) is 9.78 Å². The number of fused-ring (bicyclic) bond motifs is 1. The monoisotopic (exact) mass is 421 g/mol. The van der Waals surface area contributed by atoms with Gasteiger partial charge in [-0.1, -0.05) is 48.0 Å². The van der Waals surface area contributed by atoms with Gasteiger partial charge in [-0.3, -0.25) is 0 Å². The van der Waals surface area contributed by atoms with E-state index in [9.17, 15) is 15.2 Å². The average molecular weight is 422 g/mol. The third-order valence-electron chi connectivity index (χ3n) is 5.58. The molecule has 0 amide bonds. The third kappa shape index (κ3) is 4.03. The highest BCUT2D eigenvalue weighted by Crippen LogP contribution is 2.33. The van der Waals surface area contributed by atoms with Gasteiger partial charge < -0.3 is 10.4 Å². The molecule has 2 N–H and O–H groups in total. The number of carboxylic acid groups (broad SMARTS) is 1. The van der Waals surface area contributed by atoms with Gasteiger partial charge in [-0.05, 0) is 61.7 Å². The molecule has 0 saturated heterocycles. The van der Waals surface area contributed by atoms with Crippen molar-refractivity contribution in [1.29, 1.82) is 5.26 Å². The highest BCUT2D eigenvalue weighted by molar-refractivity contribution is 5.94. The molecule has 3 aromatic carbocycles. The van der Waals surface area contributed by atoms with Crippen LogP contribution >= 0.6 is 0 Å². The number of para-hydroxylation sites is 1. The summed E-state index contributed by atoms with van der Waals surface area (Å²) in [4.78, 5) is 16.3. The van der Waals surface area contributed by atoms with Crippen LogP contribution in [0.25, 0.3) is 22.0 Å². The Morgan fingerprint density at radius 2 is 1.75 bits per heavy atom. The fourth-order valence-corrected chi connectivity index (χ4v) is 3.95. The van der Waals surface area contributed by atoms with Gasteiger partial charge in [0.15, 0.2) is 0 Å². The summed E-state index contributed by atoms with van der Waals surface area (Å²) in [7, 11) is 0. The van der Waals surface area contributed by atoms with E-state index in [-0.39, 0.29) is 11.6 Å². The van der Waals surface area contributed by atoms with E-state index >= 15 is 0 Å². The van der Waals surface area contributed by atoms with Crippen LogP contribution in [0.3, 0.4) is 0 Å². The van der Waals surface area contributed by atoms with Crippen LogP contribution < -0.4 is 5.32 Å². The number of benzene rings is 3. The fraction of sp³-hybridized carbons (Fsp3) is 0.148. The molecule has 0 spiro atoms. The Kier molecular flexibility index (Phi) is 5.61. The smallest absolute Gasteiger partial charge is 0.337 e. The molecule has 158 valence electrons. The molecule has 0 fully saturated rings. The summed E-state index contributed by atoms with van der Waals surface area (Å²) in [5.41, 5.74) is 6.78. The van der Waals surface area contributed by atoms with Crippen molar-refractivity contribution in [2.45, 2.75) is 26.8 Å². The highest BCUT2D eigenvalue weighted by Gasteiger charge is 2.17. The predicted octanol–water partition coefficient (Wildman–Crippen LogP) is 6.26. The zero-order chi connectivity index (χ0) is 22.8. The molecule has 5 heteroatoms. The minimum Gasteiger partial charge on any atom is -0.478 e. The first kappa shape index (κ1) is 21.1. The summed E-state index contributed by atoms with van der Waals surface area (Å²) >= 11 is 0. The lowest BCUT2D eigenvalue weighted by atomic mass is 9.95. The number of aromatic carboxylic acids is 1. The average Bonchev–Trinajstić information content (AvgIpc) is 2.78. The van der Waals surface area contributed by atoms with Crippen molar-refractivity contribution in [3.05, 3.63) is 94.7 Å². The van der Waals surface area contributed by atoms with Crippen LogP contribution in [-0.4, -0.2) is 16.1 Å². The summed E-state index contributed by atoms with van der Waals surface area (Å²) in [6.45, 7) is 6.01. The zero-order valence-electron chi connectivity index (χ0n) is 18.2. The van der Waals surface area contributed by atoms with Gasteiger partial charge in [0.25, 0.3) is 0 Å². The van der Waals surface area contributed by atoms with E-state index in [4.69, 9.17) is 0 Å². The summed E-state index contributed by atoms with van der Waals surface area (Å²) in [5, 5.41) is 23.5. The van der Waals surface area contributed by atoms with Gasteiger partial charge in [-0.15, -0.1) is 0 Å². The number of hydrogen-bond donors (Lipinski definition) is 2. The lowest BCUT2D eigenvalue weighted by Crippen LogP contribution is -2.11. The maximum absolute atomic E-state index is 11.6. The number of carbonyl (C=O) groups is 1. The molecule has 5 nitrogen and oxygen atoms in total. The molecule has 4 aromatic rings. The molecule has 1 aromatic heterocycles. The molecular weight excluding hydrogens is 398 g/mol. The first-order valence-corrected chi connectivity index (χ1v) is 10.4. The van der Waals surface area contributed by atoms with Crippen molar-refractivity contribution in [2.24, 2.45) is 0 Å². The molecule has 0 aliphatic carbocycles. The molecule has 1 atom stereocenters. The van der Waals surface area contributed by atoms with Crippen molar-refractivity contribution in [3.8, 4) is 17.2 Å². The Bertz CT molecular complexity index is 1370. The van der Waals surface area contributed by atoms with Crippen molar-refractivity contribution in [3.63, 3.8) is 0 Å². The van der Waals surface area contributed by atoms with Gasteiger partial charge in [0.05, 0.1) is 11.1 Å². The Morgan fingerprint density at radius 1 is 1.03 bits per heavy atom. The summed E-state index contributed by atoms with van der Waals surface area (Å²) in [5.74, 6) is -0.976. The maximum atomic E-state index is 11.6. The van der Waals surface area contributed by atoms with Crippen LogP contribution in [0.15, 0.2) is 66.7 Å². The number of aryl methyl sites for hydroxylation is 2. The molecule has 1 unspecified atom stereocenters. The van der Waals surface area contributed by atoms with E-state index in [1.807, 2.05) is 63.2 Å². The van der Waals surface area contributed by atoms with E-state index in [1.165, 1.54) is 0 Å². The fourth-order valence-electron chi connectivity index (χ4n) is 3.95. The van der Waals surface area contributed by atoms with E-state index < -0.39 is 5.97 Å². The lowest BCUT2D eigenvalue weighted by molar-refractivity contribution is 0.0698. The largest absolute Gasteiger partial charge is 0.478 e. The van der Waals surface area contributed by atoms with Gasteiger partial charge >= 0.3 is 5.97 Å². The van der Waals surface area contributed by atoms with E-state index in [1.54, 1.807) is 18.2 Å². The normalized spacial score (nSPS) is 11.7. The van der Waals surface area contributed by atoms with E-state index in [0.29, 0.717) is 11.4 Å². The zero-order valence-corrected chi connectivity index (χ0v) is 18.2. The number of nitriles is 1. The van der Waals surface area contributed by atoms with Gasteiger partial charge in [0, 0.05) is 22.7 Å². The predicted molar refractivity (Wildman–Crippen MR) is 127 cm³/mol. The minimum absolute atomic E-state index is 0.182. The maximum Gasteiger partial charge on any atom is 0.337 e. The van der Waals surface area contributed by atoms with E-state index in [2.05, 4.69) is 22.4 Å². The number of nitrogens with one attached hydrogen (secondary N) is 1. The third-order valence-corrected chi connectivity index (χ3v) is 5.58. The Labute approximate surface area is 187 Å². The Balaban J connectivity index is 1.86. The van der Waals surface area contributed by atoms with Gasteiger partial charge in [-0.2, -0.15) is 5.26 Å². The highest BCUT2D eigenvalue weighted by atomic mass is 16.4. The molecule has 4 rings (SSSR count). The minimum atomic E-state index is -0.976. The second-order valence-electron chi connectivity index (χ2n) is 8.00. The van der Waals surface area contributed by atoms with Crippen LogP contribution in [0.4, 0.5) is 5.69 Å². The van der Waals surface area contributed by atoms with Crippen LogP contribution in [0.5, 0.6) is 0 Å². The second kappa shape index (κ2) is 8.52. The molecule has 0 radical (unpaired) electrons. The molecule has 0 saturated carbocycles. The second-order valence-corrected chi connectivity index (χ2v) is 8.00. The molecular formula is C27H23N3O2. The number of rotatable bonds is 5. The van der Waals surface area contributed by atoms with Crippen molar-refractivity contribution in [2.75, 3.05) is 5.32 Å². The van der Waals surface area contributed by atoms with Crippen LogP contribution in [0, 0.1) is 25.2 Å². The number of nitrogens with zero attached hydrogens (tertiary/aromatic N) is 2. The number of aromatic nitrogens is 1. The first-order chi connectivity index (χ1) is 15.4. The van der Waals surface area contributed by atoms with Crippen molar-refractivity contribution >= 4 is 22.6 Å². The van der Waals surface area contributed by atoms with Crippen LogP contribution in [-0.2, 0) is 0 Å². The summed E-state index contributed by atoms with van der Waals surface area (Å²) in [6, 6.07) is 23.0.